The number of nitrogens with one attached hydrogen (secondary N) is 1. The summed E-state index contributed by atoms with van der Waals surface area (Å²) in [5.41, 5.74) is 0. The minimum absolute atomic E-state index is 0.0454. The van der Waals surface area contributed by atoms with Crippen molar-refractivity contribution in [2.45, 2.75) is 84.3 Å². The fourth-order valence-corrected chi connectivity index (χ4v) is 3.55. The lowest BCUT2D eigenvalue weighted by atomic mass is 9.91. The van der Waals surface area contributed by atoms with Crippen molar-refractivity contribution in [3.63, 3.8) is 0 Å². The van der Waals surface area contributed by atoms with E-state index in [1.165, 1.54) is 0 Å². The third-order valence-electron chi connectivity index (χ3n) is 3.95. The largest absolute Gasteiger partial charge is 0.347 e. The second-order valence-corrected chi connectivity index (χ2v) is 9.13. The summed E-state index contributed by atoms with van der Waals surface area (Å²) in [5, 5.41) is 2.86. The molecule has 0 aromatic heterocycles. The van der Waals surface area contributed by atoms with E-state index in [0.717, 1.165) is 0 Å². The highest BCUT2D eigenvalue weighted by Gasteiger charge is 2.24. The van der Waals surface area contributed by atoms with Gasteiger partial charge in [-0.3, -0.25) is 19.2 Å². The Morgan fingerprint density at radius 2 is 1.40 bits per heavy atom. The number of hydrogen-bond acceptors (Lipinski definition) is 5. The van der Waals surface area contributed by atoms with Crippen LogP contribution in [0.2, 0.25) is 0 Å². The average molecular weight is 372 g/mol. The van der Waals surface area contributed by atoms with Gasteiger partial charge in [-0.2, -0.15) is 0 Å². The summed E-state index contributed by atoms with van der Waals surface area (Å²) in [6.07, 6.45) is 0.384. The standard InChI is InChI=1S/C19H33NO4S/c1-11(2)19(24)13(5)10-17(22)14(6)20-18(23)9-8-16(21)15(7)25-12(3)4/h11-15H,8-10H2,1-7H3,(H,20,23)/t13-,14+,15?/m1/s1. The maximum atomic E-state index is 12.1. The lowest BCUT2D eigenvalue weighted by molar-refractivity contribution is -0.131. The molecule has 0 aromatic carbocycles. The van der Waals surface area contributed by atoms with Gasteiger partial charge in [-0.1, -0.05) is 34.6 Å². The number of thioether (sulfide) groups is 1. The Bertz CT molecular complexity index is 488. The van der Waals surface area contributed by atoms with Crippen LogP contribution in [0.4, 0.5) is 0 Å². The second kappa shape index (κ2) is 11.4. The Kier molecular flexibility index (Phi) is 10.9. The number of Topliss-reactive ketones (excluding diaryl/α,β-unsaturated/α-hetero) is 3. The van der Waals surface area contributed by atoms with Gasteiger partial charge in [0.15, 0.2) is 5.78 Å². The van der Waals surface area contributed by atoms with Gasteiger partial charge in [0, 0.05) is 31.1 Å². The van der Waals surface area contributed by atoms with E-state index in [-0.39, 0.29) is 59.6 Å². The Balaban J connectivity index is 4.31. The zero-order chi connectivity index (χ0) is 19.7. The van der Waals surface area contributed by atoms with Crippen LogP contribution in [0.25, 0.3) is 0 Å². The van der Waals surface area contributed by atoms with Crippen LogP contribution in [-0.2, 0) is 19.2 Å². The molecule has 1 amide bonds. The molecule has 0 aliphatic rings. The molecule has 0 heterocycles. The molecule has 6 heteroatoms. The molecule has 0 spiro atoms. The van der Waals surface area contributed by atoms with Gasteiger partial charge in [-0.05, 0) is 19.1 Å². The van der Waals surface area contributed by atoms with Crippen molar-refractivity contribution in [3.8, 4) is 0 Å². The zero-order valence-electron chi connectivity index (χ0n) is 16.5. The zero-order valence-corrected chi connectivity index (χ0v) is 17.4. The predicted molar refractivity (Wildman–Crippen MR) is 103 cm³/mol. The summed E-state index contributed by atoms with van der Waals surface area (Å²) in [5.74, 6) is -0.825. The molecule has 0 radical (unpaired) electrons. The van der Waals surface area contributed by atoms with E-state index in [1.54, 1.807) is 25.6 Å². The third-order valence-corrected chi connectivity index (χ3v) is 5.17. The SMILES string of the molecule is CC(C)SC(C)C(=O)CCC(=O)N[C@@H](C)C(=O)C[C@@H](C)C(=O)C(C)C. The number of carbonyl (C=O) groups is 4. The Hall–Kier alpha value is -1.17. The van der Waals surface area contributed by atoms with E-state index >= 15 is 0 Å². The summed E-state index contributed by atoms with van der Waals surface area (Å²) in [7, 11) is 0. The van der Waals surface area contributed by atoms with Gasteiger partial charge in [-0.25, -0.2) is 0 Å². The van der Waals surface area contributed by atoms with E-state index in [1.807, 2.05) is 34.6 Å². The van der Waals surface area contributed by atoms with Crippen molar-refractivity contribution in [2.75, 3.05) is 0 Å². The number of amides is 1. The smallest absolute Gasteiger partial charge is 0.221 e. The van der Waals surface area contributed by atoms with E-state index < -0.39 is 6.04 Å². The molecule has 1 N–H and O–H groups in total. The first-order chi connectivity index (χ1) is 11.5. The highest BCUT2D eigenvalue weighted by Crippen LogP contribution is 2.19. The molecule has 0 bridgehead atoms. The molecule has 25 heavy (non-hydrogen) atoms. The molecular formula is C19H33NO4S. The van der Waals surface area contributed by atoms with Crippen LogP contribution >= 0.6 is 11.8 Å². The first kappa shape index (κ1) is 23.8. The normalized spacial score (nSPS) is 14.9. The van der Waals surface area contributed by atoms with Crippen molar-refractivity contribution >= 4 is 35.0 Å². The predicted octanol–water partition coefficient (Wildman–Crippen LogP) is 3.19. The van der Waals surface area contributed by atoms with Gasteiger partial charge < -0.3 is 5.32 Å². The molecular weight excluding hydrogens is 338 g/mol. The van der Waals surface area contributed by atoms with Gasteiger partial charge in [0.2, 0.25) is 5.91 Å². The number of carbonyl (C=O) groups excluding carboxylic acids is 4. The molecule has 0 saturated carbocycles. The maximum Gasteiger partial charge on any atom is 0.221 e. The fraction of sp³-hybridized carbons (Fsp3) is 0.789. The number of hydrogen-bond donors (Lipinski definition) is 1. The van der Waals surface area contributed by atoms with Crippen LogP contribution in [0, 0.1) is 11.8 Å². The summed E-state index contributed by atoms with van der Waals surface area (Å²) >= 11 is 1.58. The van der Waals surface area contributed by atoms with Crippen LogP contribution in [0.5, 0.6) is 0 Å². The summed E-state index contributed by atoms with van der Waals surface area (Å²) in [6.45, 7) is 12.9. The first-order valence-corrected chi connectivity index (χ1v) is 9.93. The van der Waals surface area contributed by atoms with E-state index in [9.17, 15) is 19.2 Å². The van der Waals surface area contributed by atoms with Gasteiger partial charge in [0.05, 0.1) is 11.3 Å². The van der Waals surface area contributed by atoms with Crippen molar-refractivity contribution in [1.29, 1.82) is 0 Å². The first-order valence-electron chi connectivity index (χ1n) is 8.99. The van der Waals surface area contributed by atoms with E-state index in [2.05, 4.69) is 5.32 Å². The lowest BCUT2D eigenvalue weighted by Crippen LogP contribution is -2.40. The second-order valence-electron chi connectivity index (χ2n) is 7.21. The van der Waals surface area contributed by atoms with E-state index in [0.29, 0.717) is 5.25 Å². The maximum absolute atomic E-state index is 12.1. The monoisotopic (exact) mass is 371 g/mol. The Labute approximate surface area is 156 Å². The van der Waals surface area contributed by atoms with Gasteiger partial charge in [0.25, 0.3) is 0 Å². The van der Waals surface area contributed by atoms with Crippen LogP contribution < -0.4 is 5.32 Å². The molecule has 0 aliphatic carbocycles. The molecule has 3 atom stereocenters. The minimum atomic E-state index is -0.646. The van der Waals surface area contributed by atoms with E-state index in [4.69, 9.17) is 0 Å². The van der Waals surface area contributed by atoms with Crippen LogP contribution in [-0.4, -0.2) is 39.8 Å². The van der Waals surface area contributed by atoms with Crippen molar-refractivity contribution in [1.82, 2.24) is 5.32 Å². The van der Waals surface area contributed by atoms with Crippen molar-refractivity contribution in [2.24, 2.45) is 11.8 Å². The minimum Gasteiger partial charge on any atom is -0.347 e. The quantitative estimate of drug-likeness (QED) is 0.570. The van der Waals surface area contributed by atoms with Gasteiger partial charge in [0.1, 0.15) is 11.6 Å². The molecule has 144 valence electrons. The molecule has 5 nitrogen and oxygen atoms in total. The van der Waals surface area contributed by atoms with Crippen LogP contribution in [0.15, 0.2) is 0 Å². The lowest BCUT2D eigenvalue weighted by Gasteiger charge is -2.17. The van der Waals surface area contributed by atoms with Crippen LogP contribution in [0.1, 0.15) is 67.7 Å². The number of rotatable bonds is 12. The summed E-state index contributed by atoms with van der Waals surface area (Å²) in [4.78, 5) is 47.9. The molecule has 0 saturated heterocycles. The summed E-state index contributed by atoms with van der Waals surface area (Å²) < 4.78 is 0. The Morgan fingerprint density at radius 1 is 0.840 bits per heavy atom. The molecule has 0 aliphatic heterocycles. The fourth-order valence-electron chi connectivity index (χ4n) is 2.47. The highest BCUT2D eigenvalue weighted by atomic mass is 32.2. The number of ketones is 3. The van der Waals surface area contributed by atoms with Gasteiger partial charge >= 0.3 is 0 Å². The molecule has 0 aromatic rings. The van der Waals surface area contributed by atoms with Crippen molar-refractivity contribution < 1.29 is 19.2 Å². The van der Waals surface area contributed by atoms with Crippen LogP contribution in [0.3, 0.4) is 0 Å². The molecule has 1 unspecified atom stereocenters. The third kappa shape index (κ3) is 9.78. The Morgan fingerprint density at radius 3 is 1.88 bits per heavy atom. The van der Waals surface area contributed by atoms with Crippen molar-refractivity contribution in [3.05, 3.63) is 0 Å². The highest BCUT2D eigenvalue weighted by molar-refractivity contribution is 8.01. The topological polar surface area (TPSA) is 80.3 Å². The average Bonchev–Trinajstić information content (AvgIpc) is 2.50. The molecule has 0 rings (SSSR count). The van der Waals surface area contributed by atoms with Gasteiger partial charge in [-0.15, -0.1) is 11.8 Å². The summed E-state index contributed by atoms with van der Waals surface area (Å²) in [6, 6.07) is -0.646. The molecule has 0 fully saturated rings.